The molecule has 0 aromatic heterocycles. The molecule has 10 heteroatoms. The molecule has 9 nitrogen and oxygen atoms in total. The third-order valence-corrected chi connectivity index (χ3v) is 4.73. The number of hydrogen-bond donors (Lipinski definition) is 2. The van der Waals surface area contributed by atoms with Crippen molar-refractivity contribution in [2.75, 3.05) is 5.01 Å². The molecule has 1 atom stereocenters. The number of hydrazone groups is 1. The summed E-state index contributed by atoms with van der Waals surface area (Å²) in [5, 5.41) is 16.6. The van der Waals surface area contributed by atoms with Crippen molar-refractivity contribution in [1.82, 2.24) is 5.32 Å². The Kier molecular flexibility index (Phi) is 4.32. The van der Waals surface area contributed by atoms with Gasteiger partial charge in [0.25, 0.3) is 10.8 Å². The van der Waals surface area contributed by atoms with Crippen LogP contribution in [0.5, 0.6) is 0 Å². The van der Waals surface area contributed by atoms with Crippen LogP contribution in [-0.2, 0) is 14.9 Å². The Bertz CT molecular complexity index is 991. The molecule has 0 unspecified atom stereocenters. The van der Waals surface area contributed by atoms with Crippen LogP contribution in [-0.4, -0.2) is 40.7 Å². The predicted octanol–water partition coefficient (Wildman–Crippen LogP) is 0.0105. The van der Waals surface area contributed by atoms with E-state index in [9.17, 15) is 27.7 Å². The van der Waals surface area contributed by atoms with Gasteiger partial charge in [-0.3, -0.25) is 9.59 Å². The van der Waals surface area contributed by atoms with Gasteiger partial charge in [-0.25, -0.2) is 8.42 Å². The van der Waals surface area contributed by atoms with Crippen molar-refractivity contribution in [3.63, 3.8) is 0 Å². The number of nitrogens with one attached hydrogen (secondary N) is 1. The second-order valence-corrected chi connectivity index (χ2v) is 6.82. The van der Waals surface area contributed by atoms with Crippen LogP contribution in [0.2, 0.25) is 0 Å². The summed E-state index contributed by atoms with van der Waals surface area (Å²) in [5.41, 5.74) is 0.231. The lowest BCUT2D eigenvalue weighted by atomic mass is 10.2. The number of anilines is 1. The molecular weight excluding hydrogens is 362 g/mol. The maximum atomic E-state index is 12.4. The van der Waals surface area contributed by atoms with Gasteiger partial charge in [0.2, 0.25) is 0 Å². The zero-order valence-corrected chi connectivity index (χ0v) is 13.9. The SMILES string of the molecule is O=C(NC1=NN(c2ccccc2)C(=O)[C@@]1(O)S(=O)(=O)[O-])c1ccccc1. The van der Waals surface area contributed by atoms with Gasteiger partial charge in [0.15, 0.2) is 5.84 Å². The van der Waals surface area contributed by atoms with Crippen LogP contribution >= 0.6 is 0 Å². The predicted molar refractivity (Wildman–Crippen MR) is 89.9 cm³/mol. The van der Waals surface area contributed by atoms with Crippen molar-refractivity contribution in [3.05, 3.63) is 66.2 Å². The highest BCUT2D eigenvalue weighted by Crippen LogP contribution is 2.29. The number of carbonyl (C=O) groups is 2. The van der Waals surface area contributed by atoms with Crippen LogP contribution in [0.15, 0.2) is 65.8 Å². The topological polar surface area (TPSA) is 139 Å². The number of carbonyl (C=O) groups excluding carboxylic acids is 2. The number of para-hydroxylation sites is 1. The first-order valence-electron chi connectivity index (χ1n) is 7.28. The Balaban J connectivity index is 2.04. The highest BCUT2D eigenvalue weighted by molar-refractivity contribution is 7.88. The number of benzene rings is 2. The van der Waals surface area contributed by atoms with Crippen molar-refractivity contribution in [1.29, 1.82) is 0 Å². The van der Waals surface area contributed by atoms with Crippen LogP contribution < -0.4 is 10.3 Å². The fraction of sp³-hybridized carbons (Fsp3) is 0.0625. The summed E-state index contributed by atoms with van der Waals surface area (Å²) in [6.45, 7) is 0. The fourth-order valence-corrected chi connectivity index (χ4v) is 2.94. The molecule has 3 rings (SSSR count). The van der Waals surface area contributed by atoms with Crippen molar-refractivity contribution in [2.45, 2.75) is 4.93 Å². The van der Waals surface area contributed by atoms with Gasteiger partial charge in [-0.05, 0) is 24.3 Å². The second kappa shape index (κ2) is 6.33. The lowest BCUT2D eigenvalue weighted by Gasteiger charge is -2.25. The van der Waals surface area contributed by atoms with Crippen molar-refractivity contribution in [3.8, 4) is 0 Å². The van der Waals surface area contributed by atoms with Crippen LogP contribution in [0.4, 0.5) is 5.69 Å². The Morgan fingerprint density at radius 3 is 2.15 bits per heavy atom. The summed E-state index contributed by atoms with van der Waals surface area (Å²) in [6.07, 6.45) is 0. The van der Waals surface area contributed by atoms with E-state index < -0.39 is 32.7 Å². The van der Waals surface area contributed by atoms with Crippen LogP contribution in [0, 0.1) is 0 Å². The number of aliphatic hydroxyl groups is 1. The zero-order chi connectivity index (χ0) is 18.9. The van der Waals surface area contributed by atoms with Gasteiger partial charge < -0.3 is 15.0 Å². The van der Waals surface area contributed by atoms with Crippen molar-refractivity contribution >= 4 is 33.5 Å². The summed E-state index contributed by atoms with van der Waals surface area (Å²) in [4.78, 5) is 21.1. The molecule has 2 amide bonds. The minimum absolute atomic E-state index is 0.114. The monoisotopic (exact) mass is 374 g/mol. The first-order valence-corrected chi connectivity index (χ1v) is 8.69. The zero-order valence-electron chi connectivity index (χ0n) is 13.1. The van der Waals surface area contributed by atoms with E-state index in [4.69, 9.17) is 0 Å². The molecule has 134 valence electrons. The first-order chi connectivity index (χ1) is 12.2. The number of hydrogen-bond acceptors (Lipinski definition) is 7. The molecule has 0 bridgehead atoms. The second-order valence-electron chi connectivity index (χ2n) is 5.32. The lowest BCUT2D eigenvalue weighted by molar-refractivity contribution is -0.125. The average molecular weight is 374 g/mol. The lowest BCUT2D eigenvalue weighted by Crippen LogP contribution is -2.57. The quantitative estimate of drug-likeness (QED) is 0.726. The molecule has 0 saturated carbocycles. The molecule has 0 saturated heterocycles. The Morgan fingerprint density at radius 1 is 1.08 bits per heavy atom. The van der Waals surface area contributed by atoms with Crippen LogP contribution in [0.3, 0.4) is 0 Å². The molecule has 2 aromatic carbocycles. The van der Waals surface area contributed by atoms with Gasteiger partial charge in [0.1, 0.15) is 10.1 Å². The van der Waals surface area contributed by atoms with Gasteiger partial charge in [0.05, 0.1) is 5.69 Å². The molecule has 1 aliphatic rings. The summed E-state index contributed by atoms with van der Waals surface area (Å²) in [7, 11) is -5.60. The summed E-state index contributed by atoms with van der Waals surface area (Å²) >= 11 is 0. The Labute approximate surface area is 148 Å². The molecule has 0 radical (unpaired) electrons. The maximum Gasteiger partial charge on any atom is 0.302 e. The van der Waals surface area contributed by atoms with E-state index in [-0.39, 0.29) is 11.3 Å². The van der Waals surface area contributed by atoms with E-state index in [2.05, 4.69) is 5.10 Å². The molecule has 2 aromatic rings. The number of amides is 2. The van der Waals surface area contributed by atoms with Crippen LogP contribution in [0.25, 0.3) is 0 Å². The smallest absolute Gasteiger partial charge is 0.302 e. The summed E-state index contributed by atoms with van der Waals surface area (Å²) in [6, 6.07) is 15.2. The molecule has 26 heavy (non-hydrogen) atoms. The van der Waals surface area contributed by atoms with Crippen LogP contribution in [0.1, 0.15) is 10.4 Å². The van der Waals surface area contributed by atoms with E-state index >= 15 is 0 Å². The van der Waals surface area contributed by atoms with E-state index in [1.54, 1.807) is 36.4 Å². The van der Waals surface area contributed by atoms with Gasteiger partial charge >= 0.3 is 5.91 Å². The molecular formula is C16H12N3O6S-. The standard InChI is InChI=1S/C16H13N3O6S/c20-13(11-7-3-1-4-8-11)17-14-16(22,26(23,24)25)15(21)19(18-14)12-9-5-2-6-10-12/h1-10,22H,(H,17,18,20)(H,23,24,25)/p-1/t16-/m0/s1. The van der Waals surface area contributed by atoms with Gasteiger partial charge in [-0.15, -0.1) is 5.10 Å². The number of nitrogens with zero attached hydrogens (tertiary/aromatic N) is 2. The van der Waals surface area contributed by atoms with E-state index in [0.29, 0.717) is 5.01 Å². The molecule has 1 heterocycles. The molecule has 0 fully saturated rings. The molecule has 0 aliphatic carbocycles. The van der Waals surface area contributed by atoms with Gasteiger partial charge in [0, 0.05) is 5.56 Å². The first kappa shape index (κ1) is 17.7. The van der Waals surface area contributed by atoms with Gasteiger partial charge in [-0.1, -0.05) is 36.4 Å². The van der Waals surface area contributed by atoms with Crippen molar-refractivity contribution in [2.24, 2.45) is 5.10 Å². The fourth-order valence-electron chi connectivity index (χ4n) is 2.31. The normalized spacial score (nSPS) is 20.0. The Hall–Kier alpha value is -3.08. The summed E-state index contributed by atoms with van der Waals surface area (Å²) < 4.78 is 34.8. The van der Waals surface area contributed by atoms with E-state index in [0.717, 1.165) is 0 Å². The Morgan fingerprint density at radius 2 is 1.62 bits per heavy atom. The summed E-state index contributed by atoms with van der Waals surface area (Å²) in [5.74, 6) is -3.31. The molecule has 1 aliphatic heterocycles. The molecule has 2 N–H and O–H groups in total. The van der Waals surface area contributed by atoms with E-state index in [1.807, 2.05) is 5.32 Å². The van der Waals surface area contributed by atoms with Gasteiger partial charge in [-0.2, -0.15) is 5.01 Å². The number of amidine groups is 1. The third-order valence-electron chi connectivity index (χ3n) is 3.63. The highest BCUT2D eigenvalue weighted by Gasteiger charge is 2.57. The van der Waals surface area contributed by atoms with E-state index in [1.165, 1.54) is 24.3 Å². The number of rotatable bonds is 3. The minimum atomic E-state index is -5.60. The largest absolute Gasteiger partial charge is 0.745 e. The third kappa shape index (κ3) is 2.86. The van der Waals surface area contributed by atoms with Crippen molar-refractivity contribution < 1.29 is 27.7 Å². The maximum absolute atomic E-state index is 12.4. The highest BCUT2D eigenvalue weighted by atomic mass is 32.2. The average Bonchev–Trinajstić information content (AvgIpc) is 2.89. The minimum Gasteiger partial charge on any atom is -0.745 e. The molecule has 0 spiro atoms.